The summed E-state index contributed by atoms with van der Waals surface area (Å²) in [5, 5.41) is 82.3. The average Bonchev–Trinajstić information content (AvgIpc) is 1.65. The van der Waals surface area contributed by atoms with Crippen LogP contribution in [0.4, 0.5) is 4.39 Å². The molecule has 1 aliphatic rings. The van der Waals surface area contributed by atoms with Crippen LogP contribution in [0.2, 0.25) is 0 Å². The number of carbonyl (C=O) groups is 15. The maximum absolute atomic E-state index is 15.9. The number of aliphatic carboxylic acids is 1. The fraction of sp³-hybridized carbons (Fsp3) is 0.543. The van der Waals surface area contributed by atoms with Gasteiger partial charge in [0.25, 0.3) is 0 Å². The molecule has 24 N–H and O–H groups in total. The lowest BCUT2D eigenvalue weighted by atomic mass is 9.85. The Morgan fingerprint density at radius 1 is 0.606 bits per heavy atom. The van der Waals surface area contributed by atoms with Gasteiger partial charge in [-0.2, -0.15) is 23.5 Å². The monoisotopic (exact) mass is 1870 g/mol. The molecule has 4 aromatic carbocycles. The number of fused-ring (bicyclic) bond motifs is 3. The van der Waals surface area contributed by atoms with Gasteiger partial charge >= 0.3 is 5.97 Å². The Hall–Kier alpha value is -11.6. The number of carbonyl (C=O) groups excluding carboxylic acids is 14. The zero-order valence-electron chi connectivity index (χ0n) is 76.2. The summed E-state index contributed by atoms with van der Waals surface area (Å²) in [6.45, 7) is 11.1. The number of halogens is 1. The number of aromatic nitrogens is 1. The molecule has 0 spiro atoms. The van der Waals surface area contributed by atoms with Crippen LogP contribution in [-0.2, 0) is 103 Å². The Labute approximate surface area is 777 Å². The largest absolute Gasteiger partial charge is 0.508 e. The first-order valence-corrected chi connectivity index (χ1v) is 47.3. The van der Waals surface area contributed by atoms with E-state index < -0.39 is 222 Å². The number of ketones is 5. The molecule has 9 amide bonds. The van der Waals surface area contributed by atoms with Gasteiger partial charge in [-0.05, 0) is 173 Å². The van der Waals surface area contributed by atoms with Crippen LogP contribution < -0.4 is 70.8 Å². The molecule has 0 aliphatic carbocycles. The van der Waals surface area contributed by atoms with E-state index in [1.165, 1.54) is 98.2 Å². The average molecular weight is 1870 g/mol. The topological polar surface area (TPSA) is 613 Å². The van der Waals surface area contributed by atoms with Crippen molar-refractivity contribution < 1.29 is 96.7 Å². The van der Waals surface area contributed by atoms with Gasteiger partial charge in [0.1, 0.15) is 47.3 Å². The van der Waals surface area contributed by atoms with E-state index in [0.717, 1.165) is 0 Å². The van der Waals surface area contributed by atoms with Gasteiger partial charge in [0.15, 0.2) is 29.1 Å². The lowest BCUT2D eigenvalue weighted by Gasteiger charge is -2.33. The minimum atomic E-state index is -1.76. The third-order valence-electron chi connectivity index (χ3n) is 23.0. The second-order valence-electron chi connectivity index (χ2n) is 35.2. The Balaban J connectivity index is 1.53. The second kappa shape index (κ2) is 55.0. The van der Waals surface area contributed by atoms with E-state index in [4.69, 9.17) is 33.8 Å². The summed E-state index contributed by atoms with van der Waals surface area (Å²) >= 11 is 2.43. The van der Waals surface area contributed by atoms with Gasteiger partial charge in [-0.1, -0.05) is 102 Å². The number of H-pyrrole nitrogens is 1. The van der Waals surface area contributed by atoms with Crippen molar-refractivity contribution in [1.82, 2.24) is 52.8 Å². The van der Waals surface area contributed by atoms with Crippen LogP contribution in [0.15, 0.2) is 97.2 Å². The predicted molar refractivity (Wildman–Crippen MR) is 500 cm³/mol. The van der Waals surface area contributed by atoms with Gasteiger partial charge in [0, 0.05) is 128 Å². The first-order valence-electron chi connectivity index (χ1n) is 44.9. The number of phenols is 2. The SMILES string of the molecule is CCC[C@H](CC(C)=O)C(=O)N[C@H]1CSCc2cccc(c2)CSC[C@@H](C(=O)C[C@@H](Cc2ccc(O)cc2)C(=O)N[C@@H](Cc2c[nH]c3ccc(F)cc23)C(=O)C[C@@H](CCC)C(=O)N[C@H](C(N)=O)[C@@H](C)O)NC(=O)[C@H](CCCNC(=N)N)CC(=O)[C@H](CCCCC(=N)N)NC(=O)[C@H](CCC(=O)O)NC(=O)[C@H](C(C)(C)C)NC(=O)[C@H](CCCCN)NC(=O)[C@H](Cc2ccc(O)cc2)CC1=O. The third-order valence-corrected chi connectivity index (χ3v) is 25.2. The van der Waals surface area contributed by atoms with Gasteiger partial charge < -0.3 is 101 Å². The van der Waals surface area contributed by atoms with Crippen LogP contribution in [-0.4, -0.2) is 204 Å². The van der Waals surface area contributed by atoms with Gasteiger partial charge in [0.05, 0.1) is 36.1 Å². The fourth-order valence-electron chi connectivity index (χ4n) is 15.7. The predicted octanol–water partition coefficient (Wildman–Crippen LogP) is 5.97. The van der Waals surface area contributed by atoms with E-state index in [1.54, 1.807) is 52.0 Å². The highest BCUT2D eigenvalue weighted by molar-refractivity contribution is 7.98. The highest BCUT2D eigenvalue weighted by Crippen LogP contribution is 2.30. The number of hydrogen-bond donors (Lipinski definition) is 20. The fourth-order valence-corrected chi connectivity index (χ4v) is 17.8. The number of aliphatic hydroxyl groups excluding tert-OH is 1. The minimum absolute atomic E-state index is 0.0156. The molecule has 0 saturated heterocycles. The Morgan fingerprint density at radius 2 is 1.18 bits per heavy atom. The number of guanidine groups is 1. The molecule has 2 heterocycles. The number of nitrogens with two attached hydrogens (primary N) is 4. The Kier molecular flexibility index (Phi) is 45.5. The first kappa shape index (κ1) is 109. The number of carboxylic acids is 1. The highest BCUT2D eigenvalue weighted by Gasteiger charge is 2.41. The van der Waals surface area contributed by atoms with Crippen molar-refractivity contribution in [1.29, 1.82) is 10.8 Å². The Bertz CT molecular complexity index is 4800. The number of unbranched alkanes of at least 4 members (excludes halogenated alkanes) is 2. The van der Waals surface area contributed by atoms with Crippen LogP contribution >= 0.6 is 23.5 Å². The number of aliphatic hydroxyl groups is 1. The summed E-state index contributed by atoms with van der Waals surface area (Å²) in [4.78, 5) is 222. The number of primary amides is 1. The molecule has 0 unspecified atom stereocenters. The number of thioether (sulfide) groups is 2. The molecule has 0 fully saturated rings. The number of amides is 9. The van der Waals surface area contributed by atoms with E-state index in [1.807, 2.05) is 19.1 Å². The summed E-state index contributed by atoms with van der Waals surface area (Å²) in [7, 11) is 0. The summed E-state index contributed by atoms with van der Waals surface area (Å²) in [6, 6.07) is 10.6. The lowest BCUT2D eigenvalue weighted by molar-refractivity contribution is -0.139. The van der Waals surface area contributed by atoms with Crippen molar-refractivity contribution >= 4 is 134 Å². The van der Waals surface area contributed by atoms with Crippen molar-refractivity contribution in [3.63, 3.8) is 0 Å². The van der Waals surface area contributed by atoms with Crippen LogP contribution in [0.5, 0.6) is 11.5 Å². The maximum atomic E-state index is 15.9. The van der Waals surface area contributed by atoms with Crippen molar-refractivity contribution in [3.8, 4) is 11.5 Å². The number of phenolic OH excluding ortho intramolecular Hbond substituents is 2. The minimum Gasteiger partial charge on any atom is -0.508 e. The van der Waals surface area contributed by atoms with Crippen molar-refractivity contribution in [2.75, 3.05) is 24.6 Å². The van der Waals surface area contributed by atoms with Crippen molar-refractivity contribution in [3.05, 3.63) is 131 Å². The molecule has 722 valence electrons. The van der Waals surface area contributed by atoms with E-state index in [-0.39, 0.29) is 143 Å². The van der Waals surface area contributed by atoms with Crippen LogP contribution in [0.3, 0.4) is 0 Å². The molecule has 2 bridgehead atoms. The van der Waals surface area contributed by atoms with E-state index in [9.17, 15) is 44.4 Å². The van der Waals surface area contributed by atoms with E-state index in [2.05, 4.69) is 52.8 Å². The molecular formula is C94H133FN16O19S2. The van der Waals surface area contributed by atoms with Crippen molar-refractivity contribution in [2.24, 2.45) is 57.9 Å². The molecule has 14 atom stereocenters. The summed E-state index contributed by atoms with van der Waals surface area (Å²) in [5.74, 6) is -20.0. The van der Waals surface area contributed by atoms with Gasteiger partial charge in [0.2, 0.25) is 53.2 Å². The van der Waals surface area contributed by atoms with Crippen LogP contribution in [0, 0.1) is 51.6 Å². The number of aromatic amines is 1. The molecule has 1 aliphatic heterocycles. The molecule has 35 nitrogen and oxygen atoms in total. The van der Waals surface area contributed by atoms with Crippen LogP contribution in [0.1, 0.15) is 205 Å². The quantitative estimate of drug-likeness (QED) is 0.0122. The number of benzene rings is 4. The number of hydrogen-bond acceptors (Lipinski definition) is 23. The van der Waals surface area contributed by atoms with E-state index in [0.29, 0.717) is 64.4 Å². The normalized spacial score (nSPS) is 20.0. The molecule has 0 saturated carbocycles. The molecule has 0 radical (unpaired) electrons. The second-order valence-corrected chi connectivity index (χ2v) is 37.3. The van der Waals surface area contributed by atoms with E-state index >= 15 is 52.3 Å². The zero-order chi connectivity index (χ0) is 97.5. The molecule has 6 rings (SSSR count). The maximum Gasteiger partial charge on any atom is 0.303 e. The van der Waals surface area contributed by atoms with Crippen molar-refractivity contribution in [2.45, 2.75) is 262 Å². The summed E-state index contributed by atoms with van der Waals surface area (Å²) in [6.07, 6.45) is -2.65. The number of Topliss-reactive ketones (excluding diaryl/α,β-unsaturated/α-hetero) is 5. The van der Waals surface area contributed by atoms with Gasteiger partial charge in [-0.3, -0.25) is 77.9 Å². The lowest BCUT2D eigenvalue weighted by Crippen LogP contribution is -2.61. The Morgan fingerprint density at radius 3 is 1.78 bits per heavy atom. The summed E-state index contributed by atoms with van der Waals surface area (Å²) < 4.78 is 15.1. The van der Waals surface area contributed by atoms with Crippen LogP contribution in [0.25, 0.3) is 10.9 Å². The number of rotatable bonds is 42. The highest BCUT2D eigenvalue weighted by atomic mass is 32.2. The molecule has 38 heteroatoms. The molecular weight excluding hydrogens is 1740 g/mol. The molecule has 132 heavy (non-hydrogen) atoms. The zero-order valence-corrected chi connectivity index (χ0v) is 77.9. The van der Waals surface area contributed by atoms with Gasteiger partial charge in [-0.15, -0.1) is 0 Å². The smallest absolute Gasteiger partial charge is 0.303 e. The van der Waals surface area contributed by atoms with Gasteiger partial charge in [-0.25, -0.2) is 4.39 Å². The number of nitrogens with one attached hydrogen (secondary N) is 12. The number of carboxylic acid groups (broad SMARTS) is 1. The number of aromatic hydroxyl groups is 2. The molecule has 1 aromatic heterocycles. The molecule has 5 aromatic rings. The first-order chi connectivity index (χ1) is 62.6. The standard InChI is InChI=1S/C94H133FN16O19S2/c1-8-16-59(38-53(3)112)85(123)108-74-51-131-49-57-18-14-19-58(39-57)50-132-52-75(79(119)46-63(41-56-26-31-67(115)32-27-56)89(127)107-73(42-64-48-103-69-33-28-65(95)47-68(64)69)77(117)43-60(17-9-2)87(125)110-82(54(4)113)84(99)122)109-86(124)61(20-15-37-102-93(100)101)44-76(116)70(21-10-11-23-80(97)98)104-90(128)72(34-35-81(120)121)106-92(130)83(94(5,6)7)111-91(129)71(22-12-13-36-96)105-88(126)62(45-78(74)118)40-55-24-29-66(114)30-25-55/h14,18-19,24-33,39,47-48,54,59-63,70-75,82-83,103,113-115H,8-13,15-17,20-23,34-38,40-46,49-52,96H2,1-7H3,(H3,97,98)(H2,99,122)(H,104,128)(H,105,126)(H,106,130)(H,107,127)(H,108,123)(H,109,124)(H,110,125)(H,111,129)(H,120,121)(H4,100,101,102)/t54-,59-,60-,61-,62-,63-,70+,71+,72+,73+,74+,75+,82+,83-/m1/s1. The third kappa shape index (κ3) is 37.6. The number of amidine groups is 1. The summed E-state index contributed by atoms with van der Waals surface area (Å²) in [5.41, 5.74) is 24.8.